The topological polar surface area (TPSA) is 71.3 Å². The van der Waals surface area contributed by atoms with Crippen molar-refractivity contribution in [3.63, 3.8) is 0 Å². The molecule has 1 aliphatic rings. The standard InChI is InChI=1S/C8H9ClN4O2S/c9-8-11-3-6(16-8)4-12-2-1-10-7(12)5-13(14)15/h3,5,10H,1-2,4H2/b7-5-. The third-order valence-corrected chi connectivity index (χ3v) is 3.23. The van der Waals surface area contributed by atoms with Crippen molar-refractivity contribution < 1.29 is 4.92 Å². The monoisotopic (exact) mass is 260 g/mol. The molecule has 0 aromatic carbocycles. The predicted molar refractivity (Wildman–Crippen MR) is 60.6 cm³/mol. The number of aromatic nitrogens is 1. The van der Waals surface area contributed by atoms with E-state index in [-0.39, 0.29) is 0 Å². The SMILES string of the molecule is O=[N+]([O-])/C=C1/NCCN1Cc1cnc(Cl)s1. The average molecular weight is 261 g/mol. The van der Waals surface area contributed by atoms with Gasteiger partial charge in [-0.1, -0.05) is 11.6 Å². The van der Waals surface area contributed by atoms with Crippen LogP contribution in [0.2, 0.25) is 4.47 Å². The van der Waals surface area contributed by atoms with Gasteiger partial charge in [-0.05, 0) is 0 Å². The molecule has 16 heavy (non-hydrogen) atoms. The van der Waals surface area contributed by atoms with Crippen molar-refractivity contribution in [2.75, 3.05) is 13.1 Å². The third-order valence-electron chi connectivity index (χ3n) is 2.13. The van der Waals surface area contributed by atoms with Gasteiger partial charge < -0.3 is 10.2 Å². The number of hydrogen-bond donors (Lipinski definition) is 1. The Morgan fingerprint density at radius 1 is 1.81 bits per heavy atom. The van der Waals surface area contributed by atoms with E-state index in [0.29, 0.717) is 23.4 Å². The molecule has 0 spiro atoms. The van der Waals surface area contributed by atoms with E-state index >= 15 is 0 Å². The Kier molecular flexibility index (Phi) is 3.25. The summed E-state index contributed by atoms with van der Waals surface area (Å²) in [6, 6.07) is 0. The van der Waals surface area contributed by atoms with Crippen LogP contribution in [-0.4, -0.2) is 27.9 Å². The molecule has 6 nitrogen and oxygen atoms in total. The Bertz CT molecular complexity index is 433. The molecule has 0 atom stereocenters. The molecule has 1 aliphatic heterocycles. The summed E-state index contributed by atoms with van der Waals surface area (Å²) in [5.41, 5.74) is 0. The highest BCUT2D eigenvalue weighted by Gasteiger charge is 2.20. The van der Waals surface area contributed by atoms with Crippen molar-refractivity contribution in [3.8, 4) is 0 Å². The molecule has 1 fully saturated rings. The Morgan fingerprint density at radius 3 is 3.25 bits per heavy atom. The maximum absolute atomic E-state index is 10.4. The highest BCUT2D eigenvalue weighted by molar-refractivity contribution is 7.15. The molecular weight excluding hydrogens is 252 g/mol. The van der Waals surface area contributed by atoms with Crippen molar-refractivity contribution in [3.05, 3.63) is 37.7 Å². The van der Waals surface area contributed by atoms with E-state index in [0.717, 1.165) is 17.6 Å². The van der Waals surface area contributed by atoms with Gasteiger partial charge in [0.05, 0.1) is 11.5 Å². The first kappa shape index (κ1) is 11.2. The van der Waals surface area contributed by atoms with Crippen LogP contribution in [0.3, 0.4) is 0 Å². The van der Waals surface area contributed by atoms with Crippen LogP contribution in [0.4, 0.5) is 0 Å². The van der Waals surface area contributed by atoms with Crippen molar-refractivity contribution in [2.45, 2.75) is 6.54 Å². The van der Waals surface area contributed by atoms with Crippen LogP contribution in [0.15, 0.2) is 18.2 Å². The van der Waals surface area contributed by atoms with Crippen LogP contribution in [0, 0.1) is 10.1 Å². The summed E-state index contributed by atoms with van der Waals surface area (Å²) in [7, 11) is 0. The summed E-state index contributed by atoms with van der Waals surface area (Å²) in [6.07, 6.45) is 2.67. The molecule has 0 radical (unpaired) electrons. The second-order valence-electron chi connectivity index (χ2n) is 3.23. The molecule has 2 rings (SSSR count). The van der Waals surface area contributed by atoms with Gasteiger partial charge >= 0.3 is 0 Å². The zero-order valence-electron chi connectivity index (χ0n) is 8.22. The summed E-state index contributed by atoms with van der Waals surface area (Å²) in [4.78, 5) is 16.7. The van der Waals surface area contributed by atoms with Gasteiger partial charge in [0.25, 0.3) is 6.20 Å². The van der Waals surface area contributed by atoms with E-state index in [4.69, 9.17) is 11.6 Å². The lowest BCUT2D eigenvalue weighted by molar-refractivity contribution is -0.404. The minimum Gasteiger partial charge on any atom is -0.365 e. The van der Waals surface area contributed by atoms with Gasteiger partial charge in [0, 0.05) is 24.2 Å². The fourth-order valence-corrected chi connectivity index (χ4v) is 2.48. The highest BCUT2D eigenvalue weighted by Crippen LogP contribution is 2.21. The first-order valence-electron chi connectivity index (χ1n) is 4.59. The van der Waals surface area contributed by atoms with Gasteiger partial charge in [-0.2, -0.15) is 0 Å². The molecule has 0 unspecified atom stereocenters. The Morgan fingerprint density at radius 2 is 2.62 bits per heavy atom. The first-order chi connectivity index (χ1) is 7.65. The highest BCUT2D eigenvalue weighted by atomic mass is 35.5. The molecule has 2 heterocycles. The number of thiazole rings is 1. The number of nitro groups is 1. The van der Waals surface area contributed by atoms with E-state index in [1.165, 1.54) is 11.3 Å². The van der Waals surface area contributed by atoms with E-state index in [1.807, 2.05) is 4.90 Å². The predicted octanol–water partition coefficient (Wildman–Crippen LogP) is 1.28. The van der Waals surface area contributed by atoms with Gasteiger partial charge in [0.15, 0.2) is 10.3 Å². The number of nitrogens with zero attached hydrogens (tertiary/aromatic N) is 3. The largest absolute Gasteiger partial charge is 0.365 e. The van der Waals surface area contributed by atoms with Gasteiger partial charge in [-0.25, -0.2) is 4.98 Å². The lowest BCUT2D eigenvalue weighted by Gasteiger charge is -2.15. The van der Waals surface area contributed by atoms with Gasteiger partial charge in [-0.15, -0.1) is 11.3 Å². The molecule has 0 amide bonds. The molecule has 0 bridgehead atoms. The van der Waals surface area contributed by atoms with E-state index in [2.05, 4.69) is 10.3 Å². The minimum absolute atomic E-state index is 0.458. The summed E-state index contributed by atoms with van der Waals surface area (Å²) in [6.45, 7) is 2.05. The van der Waals surface area contributed by atoms with Gasteiger partial charge in [0.1, 0.15) is 0 Å². The molecule has 1 N–H and O–H groups in total. The van der Waals surface area contributed by atoms with E-state index < -0.39 is 4.92 Å². The molecular formula is C8H9ClN4O2S. The molecule has 86 valence electrons. The van der Waals surface area contributed by atoms with Crippen molar-refractivity contribution in [1.29, 1.82) is 0 Å². The van der Waals surface area contributed by atoms with Gasteiger partial charge in [0.2, 0.25) is 0 Å². The smallest absolute Gasteiger partial charge is 0.274 e. The zero-order chi connectivity index (χ0) is 11.5. The molecule has 1 aromatic heterocycles. The quantitative estimate of drug-likeness (QED) is 0.655. The Labute approximate surface area is 101 Å². The Balaban J connectivity index is 2.06. The first-order valence-corrected chi connectivity index (χ1v) is 5.79. The zero-order valence-corrected chi connectivity index (χ0v) is 9.79. The minimum atomic E-state index is -0.458. The van der Waals surface area contributed by atoms with Crippen LogP contribution in [0.1, 0.15) is 4.88 Å². The molecule has 1 aromatic rings. The van der Waals surface area contributed by atoms with E-state index in [9.17, 15) is 10.1 Å². The molecule has 1 saturated heterocycles. The van der Waals surface area contributed by atoms with E-state index in [1.54, 1.807) is 6.20 Å². The summed E-state index contributed by atoms with van der Waals surface area (Å²) in [5.74, 6) is 0.537. The molecule has 8 heteroatoms. The van der Waals surface area contributed by atoms with Crippen molar-refractivity contribution in [2.24, 2.45) is 0 Å². The van der Waals surface area contributed by atoms with Crippen molar-refractivity contribution in [1.82, 2.24) is 15.2 Å². The average Bonchev–Trinajstić information content (AvgIpc) is 2.77. The lowest BCUT2D eigenvalue weighted by Crippen LogP contribution is -2.20. The third kappa shape index (κ3) is 2.61. The summed E-state index contributed by atoms with van der Waals surface area (Å²) in [5, 5.41) is 13.4. The van der Waals surface area contributed by atoms with Gasteiger partial charge in [-0.3, -0.25) is 10.1 Å². The summed E-state index contributed by atoms with van der Waals surface area (Å²) >= 11 is 7.10. The number of hydrogen-bond acceptors (Lipinski definition) is 6. The normalized spacial score (nSPS) is 17.8. The number of halogens is 1. The molecule has 0 aliphatic carbocycles. The van der Waals surface area contributed by atoms with Crippen LogP contribution in [-0.2, 0) is 6.54 Å². The summed E-state index contributed by atoms with van der Waals surface area (Å²) < 4.78 is 0.488. The fraction of sp³-hybridized carbons (Fsp3) is 0.375. The second-order valence-corrected chi connectivity index (χ2v) is 4.92. The Hall–Kier alpha value is -1.34. The number of rotatable bonds is 3. The lowest BCUT2D eigenvalue weighted by atomic mass is 10.4. The molecule has 0 saturated carbocycles. The maximum Gasteiger partial charge on any atom is 0.274 e. The second kappa shape index (κ2) is 4.67. The fourth-order valence-electron chi connectivity index (χ4n) is 1.49. The van der Waals surface area contributed by atoms with Crippen LogP contribution in [0.25, 0.3) is 0 Å². The van der Waals surface area contributed by atoms with Crippen LogP contribution in [0.5, 0.6) is 0 Å². The van der Waals surface area contributed by atoms with Crippen LogP contribution >= 0.6 is 22.9 Å². The van der Waals surface area contributed by atoms with Crippen molar-refractivity contribution >= 4 is 22.9 Å². The van der Waals surface area contributed by atoms with Crippen LogP contribution < -0.4 is 5.32 Å². The maximum atomic E-state index is 10.4. The number of nitrogens with one attached hydrogen (secondary N) is 1.